The number of aliphatic hydroxyl groups is 1. The van der Waals surface area contributed by atoms with Gasteiger partial charge in [0.25, 0.3) is 0 Å². The minimum atomic E-state index is -0.298. The predicted molar refractivity (Wildman–Crippen MR) is 82.0 cm³/mol. The second-order valence-electron chi connectivity index (χ2n) is 6.06. The van der Waals surface area contributed by atoms with Crippen LogP contribution in [0.1, 0.15) is 39.2 Å². The van der Waals surface area contributed by atoms with E-state index in [0.29, 0.717) is 6.04 Å². The Morgan fingerprint density at radius 2 is 1.95 bits per heavy atom. The third-order valence-corrected chi connectivity index (χ3v) is 3.73. The fourth-order valence-corrected chi connectivity index (χ4v) is 2.12. The van der Waals surface area contributed by atoms with Crippen LogP contribution in [0.3, 0.4) is 0 Å². The molecule has 0 aliphatic carbocycles. The Hall–Kier alpha value is -1.37. The van der Waals surface area contributed by atoms with Crippen LogP contribution in [0.2, 0.25) is 0 Å². The molecule has 20 heavy (non-hydrogen) atoms. The molecule has 110 valence electrons. The molecule has 0 aliphatic rings. The van der Waals surface area contributed by atoms with Gasteiger partial charge in [-0.2, -0.15) is 5.26 Å². The third kappa shape index (κ3) is 5.73. The van der Waals surface area contributed by atoms with E-state index in [-0.39, 0.29) is 12.0 Å². The highest BCUT2D eigenvalue weighted by Crippen LogP contribution is 2.21. The Morgan fingerprint density at radius 1 is 1.30 bits per heavy atom. The molecule has 0 saturated heterocycles. The summed E-state index contributed by atoms with van der Waals surface area (Å²) in [6.07, 6.45) is 1.60. The van der Waals surface area contributed by atoms with Crippen molar-refractivity contribution in [3.05, 3.63) is 35.9 Å². The van der Waals surface area contributed by atoms with E-state index in [4.69, 9.17) is 10.4 Å². The fraction of sp³-hybridized carbons (Fsp3) is 0.588. The van der Waals surface area contributed by atoms with Crippen LogP contribution in [0.15, 0.2) is 30.3 Å². The summed E-state index contributed by atoms with van der Waals surface area (Å²) >= 11 is 0. The molecule has 0 bridgehead atoms. The van der Waals surface area contributed by atoms with Crippen LogP contribution in [-0.2, 0) is 6.54 Å². The van der Waals surface area contributed by atoms with Crippen molar-refractivity contribution in [2.24, 2.45) is 5.41 Å². The number of benzene rings is 1. The van der Waals surface area contributed by atoms with E-state index in [1.165, 1.54) is 5.56 Å². The van der Waals surface area contributed by atoms with Crippen LogP contribution in [0.25, 0.3) is 0 Å². The molecule has 0 saturated carbocycles. The molecule has 1 atom stereocenters. The van der Waals surface area contributed by atoms with Gasteiger partial charge in [-0.3, -0.25) is 4.90 Å². The van der Waals surface area contributed by atoms with E-state index in [1.54, 1.807) is 0 Å². The van der Waals surface area contributed by atoms with Gasteiger partial charge in [0.05, 0.1) is 11.5 Å². The zero-order valence-electron chi connectivity index (χ0n) is 12.8. The van der Waals surface area contributed by atoms with Crippen molar-refractivity contribution in [3.8, 4) is 6.07 Å². The second-order valence-corrected chi connectivity index (χ2v) is 6.06. The largest absolute Gasteiger partial charge is 0.396 e. The zero-order valence-corrected chi connectivity index (χ0v) is 12.8. The Kier molecular flexibility index (Phi) is 6.70. The van der Waals surface area contributed by atoms with Crippen LogP contribution in [0.5, 0.6) is 0 Å². The van der Waals surface area contributed by atoms with Crippen molar-refractivity contribution >= 4 is 0 Å². The van der Waals surface area contributed by atoms with Crippen molar-refractivity contribution < 1.29 is 5.11 Å². The van der Waals surface area contributed by atoms with Crippen LogP contribution < -0.4 is 0 Å². The second kappa shape index (κ2) is 8.04. The normalized spacial score (nSPS) is 13.2. The van der Waals surface area contributed by atoms with Gasteiger partial charge in [0.15, 0.2) is 0 Å². The summed E-state index contributed by atoms with van der Waals surface area (Å²) in [4.78, 5) is 2.35. The van der Waals surface area contributed by atoms with Crippen molar-refractivity contribution in [2.45, 2.75) is 46.2 Å². The molecule has 0 heterocycles. The first-order valence-corrected chi connectivity index (χ1v) is 7.28. The molecule has 0 radical (unpaired) electrons. The van der Waals surface area contributed by atoms with E-state index in [9.17, 15) is 0 Å². The van der Waals surface area contributed by atoms with Gasteiger partial charge in [-0.05, 0) is 39.2 Å². The Morgan fingerprint density at radius 3 is 2.50 bits per heavy atom. The van der Waals surface area contributed by atoms with Crippen LogP contribution >= 0.6 is 0 Å². The number of nitriles is 1. The molecule has 3 heteroatoms. The molecule has 0 aromatic heterocycles. The lowest BCUT2D eigenvalue weighted by atomic mass is 9.91. The maximum Gasteiger partial charge on any atom is 0.0684 e. The van der Waals surface area contributed by atoms with E-state index >= 15 is 0 Å². The van der Waals surface area contributed by atoms with Gasteiger partial charge in [-0.25, -0.2) is 0 Å². The van der Waals surface area contributed by atoms with Crippen molar-refractivity contribution in [1.82, 2.24) is 4.90 Å². The van der Waals surface area contributed by atoms with Gasteiger partial charge in [-0.1, -0.05) is 30.3 Å². The van der Waals surface area contributed by atoms with Crippen molar-refractivity contribution in [2.75, 3.05) is 13.2 Å². The fourth-order valence-electron chi connectivity index (χ4n) is 2.12. The number of aliphatic hydroxyl groups excluding tert-OH is 1. The average molecular weight is 274 g/mol. The molecule has 1 rings (SSSR count). The minimum Gasteiger partial charge on any atom is -0.396 e. The average Bonchev–Trinajstić information content (AvgIpc) is 2.44. The zero-order chi connectivity index (χ0) is 15.0. The molecular weight excluding hydrogens is 248 g/mol. The van der Waals surface area contributed by atoms with Crippen LogP contribution in [0, 0.1) is 16.7 Å². The van der Waals surface area contributed by atoms with Gasteiger partial charge in [0, 0.05) is 25.7 Å². The lowest BCUT2D eigenvalue weighted by molar-refractivity contribution is 0.148. The van der Waals surface area contributed by atoms with E-state index < -0.39 is 0 Å². The standard InChI is InChI=1S/C17H26N2O/c1-15(9-12-20)19(11-10-17(2,3)14-18)13-16-7-5-4-6-8-16/h4-8,15,20H,9-13H2,1-3H3. The SMILES string of the molecule is CC(CCO)N(CCC(C)(C)C#N)Cc1ccccc1. The van der Waals surface area contributed by atoms with Crippen molar-refractivity contribution in [1.29, 1.82) is 5.26 Å². The summed E-state index contributed by atoms with van der Waals surface area (Å²) in [7, 11) is 0. The first kappa shape index (κ1) is 16.7. The quantitative estimate of drug-likeness (QED) is 0.792. The lowest BCUT2D eigenvalue weighted by Gasteiger charge is -2.31. The minimum absolute atomic E-state index is 0.202. The highest BCUT2D eigenvalue weighted by Gasteiger charge is 2.21. The molecule has 3 nitrogen and oxygen atoms in total. The van der Waals surface area contributed by atoms with E-state index in [2.05, 4.69) is 30.0 Å². The first-order chi connectivity index (χ1) is 9.48. The number of rotatable bonds is 8. The molecule has 0 aliphatic heterocycles. The molecule has 1 aromatic rings. The topological polar surface area (TPSA) is 47.3 Å². The molecular formula is C17H26N2O. The van der Waals surface area contributed by atoms with Crippen LogP contribution in [-0.4, -0.2) is 29.2 Å². The highest BCUT2D eigenvalue weighted by atomic mass is 16.3. The summed E-state index contributed by atoms with van der Waals surface area (Å²) in [5, 5.41) is 18.3. The summed E-state index contributed by atoms with van der Waals surface area (Å²) in [6.45, 7) is 8.03. The Balaban J connectivity index is 2.68. The predicted octanol–water partition coefficient (Wildman–Crippen LogP) is 3.20. The molecule has 1 aromatic carbocycles. The first-order valence-electron chi connectivity index (χ1n) is 7.28. The number of nitrogens with zero attached hydrogens (tertiary/aromatic N) is 2. The van der Waals surface area contributed by atoms with Gasteiger partial charge in [-0.15, -0.1) is 0 Å². The van der Waals surface area contributed by atoms with Gasteiger partial charge in [0.2, 0.25) is 0 Å². The van der Waals surface area contributed by atoms with Gasteiger partial charge < -0.3 is 5.11 Å². The van der Waals surface area contributed by atoms with Crippen molar-refractivity contribution in [3.63, 3.8) is 0 Å². The number of hydrogen-bond donors (Lipinski definition) is 1. The summed E-state index contributed by atoms with van der Waals surface area (Å²) in [5.74, 6) is 0. The smallest absolute Gasteiger partial charge is 0.0684 e. The third-order valence-electron chi connectivity index (χ3n) is 3.73. The van der Waals surface area contributed by atoms with Crippen LogP contribution in [0.4, 0.5) is 0 Å². The molecule has 1 N–H and O–H groups in total. The number of hydrogen-bond acceptors (Lipinski definition) is 3. The molecule has 0 amide bonds. The monoisotopic (exact) mass is 274 g/mol. The molecule has 0 spiro atoms. The summed E-state index contributed by atoms with van der Waals surface area (Å²) in [6, 6.07) is 13.0. The Bertz CT molecular complexity index is 422. The van der Waals surface area contributed by atoms with Gasteiger partial charge in [0.1, 0.15) is 0 Å². The maximum absolute atomic E-state index is 9.15. The van der Waals surface area contributed by atoms with Gasteiger partial charge >= 0.3 is 0 Å². The van der Waals surface area contributed by atoms with E-state index in [1.807, 2.05) is 32.0 Å². The summed E-state index contributed by atoms with van der Waals surface area (Å²) in [5.41, 5.74) is 0.973. The molecule has 0 fully saturated rings. The summed E-state index contributed by atoms with van der Waals surface area (Å²) < 4.78 is 0. The maximum atomic E-state index is 9.15. The molecule has 1 unspecified atom stereocenters. The highest BCUT2D eigenvalue weighted by molar-refractivity contribution is 5.14. The Labute approximate surface area is 122 Å². The van der Waals surface area contributed by atoms with E-state index in [0.717, 1.165) is 25.9 Å². The lowest BCUT2D eigenvalue weighted by Crippen LogP contribution is -2.35.